The van der Waals surface area contributed by atoms with Crippen LogP contribution in [0.2, 0.25) is 0 Å². The summed E-state index contributed by atoms with van der Waals surface area (Å²) in [5.41, 5.74) is 0.673. The van der Waals surface area contributed by atoms with Gasteiger partial charge in [-0.1, -0.05) is 22.0 Å². The van der Waals surface area contributed by atoms with Gasteiger partial charge in [-0.15, -0.1) is 0 Å². The average Bonchev–Trinajstić information content (AvgIpc) is 1.88. The van der Waals surface area contributed by atoms with Crippen molar-refractivity contribution in [2.45, 2.75) is 25.6 Å². The molecule has 3 heteroatoms. The fourth-order valence-electron chi connectivity index (χ4n) is 0.724. The van der Waals surface area contributed by atoms with Gasteiger partial charge in [-0.25, -0.2) is 4.79 Å². The van der Waals surface area contributed by atoms with Crippen molar-refractivity contribution in [3.8, 4) is 0 Å². The summed E-state index contributed by atoms with van der Waals surface area (Å²) < 4.78 is 4.82. The van der Waals surface area contributed by atoms with E-state index in [-0.39, 0.29) is 10.8 Å². The fraction of sp³-hybridized carbons (Fsp3) is 0.625. The topological polar surface area (TPSA) is 26.3 Å². The van der Waals surface area contributed by atoms with E-state index in [2.05, 4.69) is 15.9 Å². The Hall–Kier alpha value is -0.310. The van der Waals surface area contributed by atoms with E-state index >= 15 is 0 Å². The summed E-state index contributed by atoms with van der Waals surface area (Å²) in [7, 11) is 0. The van der Waals surface area contributed by atoms with Gasteiger partial charge in [0.1, 0.15) is 0 Å². The summed E-state index contributed by atoms with van der Waals surface area (Å²) in [6.07, 6.45) is 1.76. The first-order valence-corrected chi connectivity index (χ1v) is 4.52. The van der Waals surface area contributed by atoms with E-state index in [9.17, 15) is 4.79 Å². The van der Waals surface area contributed by atoms with Crippen LogP contribution in [0.3, 0.4) is 0 Å². The first-order chi connectivity index (χ1) is 5.13. The van der Waals surface area contributed by atoms with Gasteiger partial charge in [0, 0.05) is 10.4 Å². The summed E-state index contributed by atoms with van der Waals surface area (Å²) >= 11 is 3.30. The number of hydrogen-bond acceptors (Lipinski definition) is 2. The summed E-state index contributed by atoms with van der Waals surface area (Å²) in [4.78, 5) is 11.2. The second kappa shape index (κ2) is 5.35. The first-order valence-electron chi connectivity index (χ1n) is 3.60. The lowest BCUT2D eigenvalue weighted by molar-refractivity contribution is -0.138. The van der Waals surface area contributed by atoms with E-state index in [1.165, 1.54) is 0 Å². The molecule has 0 heterocycles. The highest BCUT2D eigenvalue weighted by molar-refractivity contribution is 9.09. The molecular formula is C8H13BrO2. The molecule has 0 rings (SSSR count). The number of carbonyl (C=O) groups excluding carboxylic acids is 1. The van der Waals surface area contributed by atoms with E-state index < -0.39 is 0 Å². The molecule has 64 valence electrons. The molecule has 0 saturated heterocycles. The van der Waals surface area contributed by atoms with Crippen molar-refractivity contribution >= 4 is 21.9 Å². The van der Waals surface area contributed by atoms with Crippen LogP contribution in [0.4, 0.5) is 0 Å². The standard InChI is InChI=1S/C8H13BrO2/c1-4-7(6(3)9)8(10)11-5-2/h4,6H,5H2,1-3H3/b7-4+. The lowest BCUT2D eigenvalue weighted by atomic mass is 10.2. The monoisotopic (exact) mass is 220 g/mol. The molecule has 0 amide bonds. The van der Waals surface area contributed by atoms with Crippen LogP contribution in [0, 0.1) is 0 Å². The Morgan fingerprint density at radius 2 is 2.27 bits per heavy atom. The van der Waals surface area contributed by atoms with Crippen LogP contribution in [0.25, 0.3) is 0 Å². The van der Waals surface area contributed by atoms with E-state index in [1.54, 1.807) is 13.0 Å². The Morgan fingerprint density at radius 3 is 2.55 bits per heavy atom. The SMILES string of the molecule is C/C=C(/C(=O)OCC)C(C)Br. The van der Waals surface area contributed by atoms with E-state index in [1.807, 2.05) is 13.8 Å². The van der Waals surface area contributed by atoms with Gasteiger partial charge < -0.3 is 4.74 Å². The summed E-state index contributed by atoms with van der Waals surface area (Å²) in [5, 5.41) is 0. The Morgan fingerprint density at radius 1 is 1.73 bits per heavy atom. The number of halogens is 1. The molecule has 0 N–H and O–H groups in total. The second-order valence-electron chi connectivity index (χ2n) is 2.08. The van der Waals surface area contributed by atoms with E-state index in [4.69, 9.17) is 4.74 Å². The zero-order valence-electron chi connectivity index (χ0n) is 7.06. The average molecular weight is 221 g/mol. The van der Waals surface area contributed by atoms with Crippen molar-refractivity contribution in [2.24, 2.45) is 0 Å². The molecular weight excluding hydrogens is 208 g/mol. The molecule has 0 spiro atoms. The molecule has 0 aromatic heterocycles. The minimum absolute atomic E-state index is 0.0616. The van der Waals surface area contributed by atoms with Crippen LogP contribution < -0.4 is 0 Å². The van der Waals surface area contributed by atoms with Crippen molar-refractivity contribution in [2.75, 3.05) is 6.61 Å². The Bertz CT molecular complexity index is 161. The van der Waals surface area contributed by atoms with Gasteiger partial charge in [0.25, 0.3) is 0 Å². The van der Waals surface area contributed by atoms with Gasteiger partial charge in [-0.05, 0) is 20.8 Å². The zero-order valence-corrected chi connectivity index (χ0v) is 8.64. The van der Waals surface area contributed by atoms with Gasteiger partial charge in [0.2, 0.25) is 0 Å². The summed E-state index contributed by atoms with van der Waals surface area (Å²) in [6, 6.07) is 0. The molecule has 0 aromatic carbocycles. The molecule has 0 aromatic rings. The highest BCUT2D eigenvalue weighted by Crippen LogP contribution is 2.12. The number of alkyl halides is 1. The smallest absolute Gasteiger partial charge is 0.334 e. The predicted molar refractivity (Wildman–Crippen MR) is 48.8 cm³/mol. The molecule has 1 unspecified atom stereocenters. The van der Waals surface area contributed by atoms with Crippen LogP contribution in [-0.2, 0) is 9.53 Å². The van der Waals surface area contributed by atoms with Crippen molar-refractivity contribution in [3.63, 3.8) is 0 Å². The predicted octanol–water partition coefficient (Wildman–Crippen LogP) is 2.28. The largest absolute Gasteiger partial charge is 0.463 e. The Balaban J connectivity index is 4.17. The zero-order chi connectivity index (χ0) is 8.85. The van der Waals surface area contributed by atoms with Crippen molar-refractivity contribution in [1.82, 2.24) is 0 Å². The van der Waals surface area contributed by atoms with Gasteiger partial charge in [0.05, 0.1) is 6.61 Å². The van der Waals surface area contributed by atoms with Gasteiger partial charge in [-0.2, -0.15) is 0 Å². The molecule has 0 fully saturated rings. The van der Waals surface area contributed by atoms with E-state index in [0.717, 1.165) is 0 Å². The fourth-order valence-corrected chi connectivity index (χ4v) is 1.18. The van der Waals surface area contributed by atoms with Crippen LogP contribution >= 0.6 is 15.9 Å². The van der Waals surface area contributed by atoms with Gasteiger partial charge in [-0.3, -0.25) is 0 Å². The number of ether oxygens (including phenoxy) is 1. The lowest BCUT2D eigenvalue weighted by Gasteiger charge is -2.07. The summed E-state index contributed by atoms with van der Waals surface area (Å²) in [5.74, 6) is -0.237. The molecule has 0 bridgehead atoms. The van der Waals surface area contributed by atoms with Gasteiger partial charge in [0.15, 0.2) is 0 Å². The van der Waals surface area contributed by atoms with Crippen LogP contribution in [0.5, 0.6) is 0 Å². The summed E-state index contributed by atoms with van der Waals surface area (Å²) in [6.45, 7) is 5.94. The van der Waals surface area contributed by atoms with Crippen LogP contribution in [0.15, 0.2) is 11.6 Å². The number of esters is 1. The minimum atomic E-state index is -0.237. The Labute approximate surface area is 75.7 Å². The maximum absolute atomic E-state index is 11.1. The molecule has 2 nitrogen and oxygen atoms in total. The second-order valence-corrected chi connectivity index (χ2v) is 3.45. The molecule has 0 radical (unpaired) electrons. The third kappa shape index (κ3) is 3.56. The van der Waals surface area contributed by atoms with Crippen LogP contribution in [-0.4, -0.2) is 17.4 Å². The number of allylic oxidation sites excluding steroid dienone is 1. The van der Waals surface area contributed by atoms with Crippen molar-refractivity contribution in [3.05, 3.63) is 11.6 Å². The normalized spacial score (nSPS) is 14.4. The highest BCUT2D eigenvalue weighted by Gasteiger charge is 2.13. The maximum atomic E-state index is 11.1. The van der Waals surface area contributed by atoms with Crippen molar-refractivity contribution in [1.29, 1.82) is 0 Å². The number of carbonyl (C=O) groups is 1. The molecule has 0 aliphatic heterocycles. The number of rotatable bonds is 3. The third-order valence-corrected chi connectivity index (χ3v) is 1.74. The highest BCUT2D eigenvalue weighted by atomic mass is 79.9. The molecule has 0 aliphatic rings. The van der Waals surface area contributed by atoms with Crippen LogP contribution in [0.1, 0.15) is 20.8 Å². The molecule has 11 heavy (non-hydrogen) atoms. The quantitative estimate of drug-likeness (QED) is 0.415. The molecule has 0 aliphatic carbocycles. The number of hydrogen-bond donors (Lipinski definition) is 0. The lowest BCUT2D eigenvalue weighted by Crippen LogP contribution is -2.13. The minimum Gasteiger partial charge on any atom is -0.463 e. The van der Waals surface area contributed by atoms with Crippen molar-refractivity contribution < 1.29 is 9.53 Å². The van der Waals surface area contributed by atoms with E-state index in [0.29, 0.717) is 12.2 Å². The molecule has 1 atom stereocenters. The third-order valence-electron chi connectivity index (χ3n) is 1.25. The molecule has 0 saturated carbocycles. The first kappa shape index (κ1) is 10.7. The Kier molecular flexibility index (Phi) is 5.20. The van der Waals surface area contributed by atoms with Gasteiger partial charge >= 0.3 is 5.97 Å². The maximum Gasteiger partial charge on any atom is 0.334 e.